The van der Waals surface area contributed by atoms with Gasteiger partial charge < -0.3 is 9.64 Å². The summed E-state index contributed by atoms with van der Waals surface area (Å²) in [6, 6.07) is 16.2. The molecule has 0 fully saturated rings. The molecule has 0 radical (unpaired) electrons. The van der Waals surface area contributed by atoms with Crippen molar-refractivity contribution in [2.24, 2.45) is 0 Å². The molecule has 0 aliphatic carbocycles. The van der Waals surface area contributed by atoms with E-state index in [1.165, 1.54) is 24.8 Å². The fourth-order valence-electron chi connectivity index (χ4n) is 2.64. The van der Waals surface area contributed by atoms with E-state index < -0.39 is 10.0 Å². The Morgan fingerprint density at radius 2 is 1.85 bits per heavy atom. The summed E-state index contributed by atoms with van der Waals surface area (Å²) in [5.41, 5.74) is 1.58. The molecule has 0 bridgehead atoms. The number of carbonyl (C=O) groups is 1. The van der Waals surface area contributed by atoms with Crippen LogP contribution < -0.4 is 4.72 Å². The van der Waals surface area contributed by atoms with Crippen LogP contribution in [0.25, 0.3) is 0 Å². The number of nitrogens with zero attached hydrogens (tertiary/aromatic N) is 1. The molecule has 0 aliphatic rings. The highest BCUT2D eigenvalue weighted by Gasteiger charge is 2.17. The number of hydrogen-bond donors (Lipinski definition) is 1. The summed E-state index contributed by atoms with van der Waals surface area (Å²) in [5, 5.41) is 0. The second-order valence-corrected chi connectivity index (χ2v) is 8.00. The van der Waals surface area contributed by atoms with Crippen LogP contribution in [0.3, 0.4) is 0 Å². The van der Waals surface area contributed by atoms with E-state index in [-0.39, 0.29) is 24.0 Å². The Morgan fingerprint density at radius 1 is 1.11 bits per heavy atom. The monoisotopic (exact) mass is 390 g/mol. The Kier molecular flexibility index (Phi) is 7.97. The SMILES string of the molecule is COCCNS(=O)(=O)c1cccc(C(=O)N(C)CCCc2ccccc2)c1. The van der Waals surface area contributed by atoms with E-state index in [1.807, 2.05) is 18.2 Å². The number of nitrogens with one attached hydrogen (secondary N) is 1. The van der Waals surface area contributed by atoms with Crippen LogP contribution in [-0.2, 0) is 21.2 Å². The van der Waals surface area contributed by atoms with Crippen LogP contribution in [-0.4, -0.2) is 53.1 Å². The predicted molar refractivity (Wildman–Crippen MR) is 105 cm³/mol. The number of benzene rings is 2. The third-order valence-corrected chi connectivity index (χ3v) is 5.60. The lowest BCUT2D eigenvalue weighted by Crippen LogP contribution is -2.29. The minimum absolute atomic E-state index is 0.0714. The lowest BCUT2D eigenvalue weighted by molar-refractivity contribution is 0.0793. The summed E-state index contributed by atoms with van der Waals surface area (Å²) < 4.78 is 31.9. The summed E-state index contributed by atoms with van der Waals surface area (Å²) in [7, 11) is -0.439. The fourth-order valence-corrected chi connectivity index (χ4v) is 3.70. The lowest BCUT2D eigenvalue weighted by Gasteiger charge is -2.17. The van der Waals surface area contributed by atoms with E-state index in [1.54, 1.807) is 24.1 Å². The summed E-state index contributed by atoms with van der Waals surface area (Å²) >= 11 is 0. The zero-order chi connectivity index (χ0) is 19.7. The van der Waals surface area contributed by atoms with Gasteiger partial charge in [-0.25, -0.2) is 13.1 Å². The minimum atomic E-state index is -3.67. The molecule has 0 atom stereocenters. The van der Waals surface area contributed by atoms with Crippen molar-refractivity contribution in [2.75, 3.05) is 33.9 Å². The molecule has 0 saturated heterocycles. The smallest absolute Gasteiger partial charge is 0.253 e. The molecule has 0 aliphatic heterocycles. The Labute approximate surface area is 161 Å². The van der Waals surface area contributed by atoms with E-state index in [0.29, 0.717) is 12.1 Å². The molecule has 0 spiro atoms. The standard InChI is InChI=1S/C20H26N2O4S/c1-22(14-7-10-17-8-4-3-5-9-17)20(23)18-11-6-12-19(16-18)27(24,25)21-13-15-26-2/h3-6,8-9,11-12,16,21H,7,10,13-15H2,1-2H3. The molecule has 0 unspecified atom stereocenters. The topological polar surface area (TPSA) is 75.7 Å². The molecule has 27 heavy (non-hydrogen) atoms. The molecule has 1 N–H and O–H groups in total. The molecule has 2 aromatic carbocycles. The van der Waals surface area contributed by atoms with Crippen molar-refractivity contribution < 1.29 is 17.9 Å². The first-order valence-corrected chi connectivity index (χ1v) is 10.3. The highest BCUT2D eigenvalue weighted by molar-refractivity contribution is 7.89. The van der Waals surface area contributed by atoms with Crippen LogP contribution in [0.15, 0.2) is 59.5 Å². The van der Waals surface area contributed by atoms with Gasteiger partial charge in [-0.3, -0.25) is 4.79 Å². The molecular weight excluding hydrogens is 364 g/mol. The fraction of sp³-hybridized carbons (Fsp3) is 0.350. The van der Waals surface area contributed by atoms with Crippen molar-refractivity contribution in [3.63, 3.8) is 0 Å². The molecule has 2 aromatic rings. The molecule has 6 nitrogen and oxygen atoms in total. The zero-order valence-corrected chi connectivity index (χ0v) is 16.5. The summed E-state index contributed by atoms with van der Waals surface area (Å²) in [5.74, 6) is -0.197. The second kappa shape index (κ2) is 10.2. The van der Waals surface area contributed by atoms with Gasteiger partial charge in [0.15, 0.2) is 0 Å². The van der Waals surface area contributed by atoms with Crippen molar-refractivity contribution in [1.29, 1.82) is 0 Å². The van der Waals surface area contributed by atoms with Crippen LogP contribution in [0.1, 0.15) is 22.3 Å². The van der Waals surface area contributed by atoms with E-state index in [0.717, 1.165) is 12.8 Å². The van der Waals surface area contributed by atoms with E-state index in [4.69, 9.17) is 4.74 Å². The van der Waals surface area contributed by atoms with Gasteiger partial charge in [-0.2, -0.15) is 0 Å². The molecule has 0 heterocycles. The second-order valence-electron chi connectivity index (χ2n) is 6.23. The van der Waals surface area contributed by atoms with Crippen LogP contribution in [0, 0.1) is 0 Å². The average molecular weight is 391 g/mol. The van der Waals surface area contributed by atoms with Gasteiger partial charge in [-0.15, -0.1) is 0 Å². The minimum Gasteiger partial charge on any atom is -0.383 e. The number of sulfonamides is 1. The number of rotatable bonds is 10. The van der Waals surface area contributed by atoms with Crippen LogP contribution >= 0.6 is 0 Å². The van der Waals surface area contributed by atoms with Crippen LogP contribution in [0.5, 0.6) is 0 Å². The van der Waals surface area contributed by atoms with Gasteiger partial charge in [-0.05, 0) is 36.6 Å². The Balaban J connectivity index is 1.97. The Hall–Kier alpha value is -2.22. The first kappa shape index (κ1) is 21.1. The third-order valence-electron chi connectivity index (χ3n) is 4.14. The molecule has 0 aromatic heterocycles. The number of hydrogen-bond acceptors (Lipinski definition) is 4. The quantitative estimate of drug-likeness (QED) is 0.632. The predicted octanol–water partition coefficient (Wildman–Crippen LogP) is 2.32. The summed E-state index contributed by atoms with van der Waals surface area (Å²) in [6.07, 6.45) is 1.72. The first-order valence-electron chi connectivity index (χ1n) is 8.82. The maximum atomic E-state index is 12.6. The van der Waals surface area contributed by atoms with E-state index in [9.17, 15) is 13.2 Å². The average Bonchev–Trinajstić information content (AvgIpc) is 2.68. The summed E-state index contributed by atoms with van der Waals surface area (Å²) in [4.78, 5) is 14.3. The van der Waals surface area contributed by atoms with Crippen molar-refractivity contribution in [3.8, 4) is 0 Å². The Morgan fingerprint density at radius 3 is 2.56 bits per heavy atom. The number of amides is 1. The van der Waals surface area contributed by atoms with Gasteiger partial charge in [0, 0.05) is 32.8 Å². The number of ether oxygens (including phenoxy) is 1. The maximum absolute atomic E-state index is 12.6. The van der Waals surface area contributed by atoms with Crippen LogP contribution in [0.4, 0.5) is 0 Å². The highest BCUT2D eigenvalue weighted by Crippen LogP contribution is 2.13. The highest BCUT2D eigenvalue weighted by atomic mass is 32.2. The van der Waals surface area contributed by atoms with E-state index in [2.05, 4.69) is 16.9 Å². The van der Waals surface area contributed by atoms with Gasteiger partial charge in [0.25, 0.3) is 5.91 Å². The van der Waals surface area contributed by atoms with Crippen LogP contribution in [0.2, 0.25) is 0 Å². The molecule has 146 valence electrons. The van der Waals surface area contributed by atoms with Gasteiger partial charge in [0.1, 0.15) is 0 Å². The van der Waals surface area contributed by atoms with Crippen molar-refractivity contribution in [3.05, 3.63) is 65.7 Å². The van der Waals surface area contributed by atoms with Gasteiger partial charge in [0.05, 0.1) is 11.5 Å². The largest absolute Gasteiger partial charge is 0.383 e. The molecule has 7 heteroatoms. The van der Waals surface area contributed by atoms with Gasteiger partial charge in [0.2, 0.25) is 10.0 Å². The van der Waals surface area contributed by atoms with Crippen molar-refractivity contribution >= 4 is 15.9 Å². The number of methoxy groups -OCH3 is 1. The molecule has 1 amide bonds. The van der Waals surface area contributed by atoms with Crippen molar-refractivity contribution in [2.45, 2.75) is 17.7 Å². The van der Waals surface area contributed by atoms with Gasteiger partial charge >= 0.3 is 0 Å². The van der Waals surface area contributed by atoms with E-state index >= 15 is 0 Å². The Bertz CT molecular complexity index is 838. The number of carbonyl (C=O) groups excluding carboxylic acids is 1. The molecule has 0 saturated carbocycles. The lowest BCUT2D eigenvalue weighted by atomic mass is 10.1. The summed E-state index contributed by atoms with van der Waals surface area (Å²) in [6.45, 7) is 1.05. The van der Waals surface area contributed by atoms with Gasteiger partial charge in [-0.1, -0.05) is 36.4 Å². The zero-order valence-electron chi connectivity index (χ0n) is 15.7. The van der Waals surface area contributed by atoms with Crippen molar-refractivity contribution in [1.82, 2.24) is 9.62 Å². The maximum Gasteiger partial charge on any atom is 0.253 e. The number of aryl methyl sites for hydroxylation is 1. The first-order chi connectivity index (χ1) is 12.9. The third kappa shape index (κ3) is 6.46. The molecular formula is C20H26N2O4S. The normalized spacial score (nSPS) is 11.3. The molecule has 2 rings (SSSR count).